The number of hydrogen-bond donors (Lipinski definition) is 14. The van der Waals surface area contributed by atoms with E-state index < -0.39 is 147 Å². The maximum atomic E-state index is 15.3. The molecule has 0 aliphatic carbocycles. The lowest BCUT2D eigenvalue weighted by Gasteiger charge is -2.37. The van der Waals surface area contributed by atoms with Crippen molar-refractivity contribution in [2.75, 3.05) is 24.6 Å². The molecule has 5 aromatic carbocycles. The van der Waals surface area contributed by atoms with Crippen LogP contribution in [-0.2, 0) is 76.3 Å². The first-order valence-corrected chi connectivity index (χ1v) is 37.8. The summed E-state index contributed by atoms with van der Waals surface area (Å²) in [5.41, 5.74) is 8.73. The molecule has 3 heterocycles. The van der Waals surface area contributed by atoms with E-state index in [-0.39, 0.29) is 68.0 Å². The molecular formula is C76H99N13O14S2. The zero-order chi connectivity index (χ0) is 76.6. The van der Waals surface area contributed by atoms with Crippen molar-refractivity contribution in [3.8, 4) is 5.75 Å². The fourth-order valence-electron chi connectivity index (χ4n) is 13.3. The molecular weight excluding hydrogens is 1380 g/mol. The Kier molecular flexibility index (Phi) is 27.5. The zero-order valence-corrected chi connectivity index (χ0v) is 62.6. The van der Waals surface area contributed by atoms with E-state index >= 15 is 9.59 Å². The number of ether oxygens (including phenoxy) is 2. The molecule has 27 nitrogen and oxygen atoms in total. The van der Waals surface area contributed by atoms with Gasteiger partial charge in [0.25, 0.3) is 10.0 Å². The Bertz CT molecular complexity index is 4150. The van der Waals surface area contributed by atoms with Crippen molar-refractivity contribution in [3.05, 3.63) is 166 Å². The van der Waals surface area contributed by atoms with E-state index in [1.807, 2.05) is 123 Å². The molecule has 2 aliphatic rings. The number of thioether (sulfide) groups is 1. The number of nitrogens with one attached hydrogen (secondary N) is 12. The number of carbonyl (C=O) groups excluding carboxylic acids is 8. The van der Waals surface area contributed by atoms with Gasteiger partial charge >= 0.3 is 5.97 Å². The number of aliphatic carboxylic acids is 1. The van der Waals surface area contributed by atoms with E-state index in [0.717, 1.165) is 17.3 Å². The van der Waals surface area contributed by atoms with Crippen LogP contribution in [0.15, 0.2) is 126 Å². The van der Waals surface area contributed by atoms with E-state index in [0.29, 0.717) is 62.0 Å². The van der Waals surface area contributed by atoms with Crippen molar-refractivity contribution in [2.45, 2.75) is 197 Å². The van der Waals surface area contributed by atoms with Crippen LogP contribution in [0.3, 0.4) is 0 Å². The molecule has 0 saturated carbocycles. The first kappa shape index (κ1) is 80.8. The van der Waals surface area contributed by atoms with E-state index in [9.17, 15) is 47.1 Å². The third kappa shape index (κ3) is 21.7. The Balaban J connectivity index is 1.08. The molecule has 8 rings (SSSR count). The molecule has 0 bridgehead atoms. The first-order chi connectivity index (χ1) is 49.7. The summed E-state index contributed by atoms with van der Waals surface area (Å²) in [5.74, 6) is -7.71. The lowest BCUT2D eigenvalue weighted by Crippen LogP contribution is -2.62. The third-order valence-corrected chi connectivity index (χ3v) is 21.2. The van der Waals surface area contributed by atoms with Gasteiger partial charge in [0.15, 0.2) is 0 Å². The van der Waals surface area contributed by atoms with Crippen LogP contribution in [0.25, 0.3) is 10.9 Å². The fourth-order valence-corrected chi connectivity index (χ4v) is 15.9. The summed E-state index contributed by atoms with van der Waals surface area (Å²) in [4.78, 5) is 132. The average molecular weight is 1480 g/mol. The minimum absolute atomic E-state index is 0.0298. The van der Waals surface area contributed by atoms with Gasteiger partial charge in [-0.2, -0.15) is 11.8 Å². The van der Waals surface area contributed by atoms with Gasteiger partial charge in [-0.1, -0.05) is 109 Å². The summed E-state index contributed by atoms with van der Waals surface area (Å²) in [6, 6.07) is 25.4. The second-order valence-electron chi connectivity index (χ2n) is 28.3. The summed E-state index contributed by atoms with van der Waals surface area (Å²) < 4.78 is 42.7. The van der Waals surface area contributed by atoms with Crippen LogP contribution in [0.1, 0.15) is 138 Å². The number of aromatic amines is 1. The topological polar surface area (TPSA) is 412 Å². The fraction of sp³-hybridized carbons (Fsp3) is 0.447. The number of carboxylic acids is 1. The highest BCUT2D eigenvalue weighted by molar-refractivity contribution is 7.99. The molecule has 8 atom stereocenters. The van der Waals surface area contributed by atoms with Gasteiger partial charge in [0, 0.05) is 80.2 Å². The van der Waals surface area contributed by atoms with Crippen molar-refractivity contribution in [1.29, 1.82) is 5.41 Å². The highest BCUT2D eigenvalue weighted by Crippen LogP contribution is 2.44. The molecule has 2 aliphatic heterocycles. The molecule has 1 saturated heterocycles. The van der Waals surface area contributed by atoms with Crippen LogP contribution in [0.4, 0.5) is 0 Å². The van der Waals surface area contributed by atoms with E-state index in [1.165, 1.54) is 6.92 Å². The number of carboxylic acid groups (broad SMARTS) is 1. The number of H-pyrrole nitrogens is 1. The van der Waals surface area contributed by atoms with E-state index in [1.54, 1.807) is 60.7 Å². The monoisotopic (exact) mass is 1480 g/mol. The van der Waals surface area contributed by atoms with Gasteiger partial charge < -0.3 is 73.1 Å². The van der Waals surface area contributed by atoms with Crippen molar-refractivity contribution >= 4 is 91.9 Å². The normalized spacial score (nSPS) is 19.9. The molecule has 29 heteroatoms. The number of benzene rings is 5. The molecule has 0 radical (unpaired) electrons. The van der Waals surface area contributed by atoms with Crippen LogP contribution in [0, 0.1) is 26.2 Å². The van der Waals surface area contributed by atoms with Gasteiger partial charge in [0.05, 0.1) is 22.6 Å². The smallest absolute Gasteiger partial charge is 0.327 e. The highest BCUT2D eigenvalue weighted by Gasteiger charge is 2.42. The second kappa shape index (κ2) is 35.8. The summed E-state index contributed by atoms with van der Waals surface area (Å²) in [5, 5.41) is 45.9. The number of aromatic nitrogens is 1. The highest BCUT2D eigenvalue weighted by atomic mass is 32.2. The maximum absolute atomic E-state index is 15.3. The summed E-state index contributed by atoms with van der Waals surface area (Å²) in [6.07, 6.45) is -0.394. The number of carbonyl (C=O) groups is 9. The SMILES string of the molecule is CC(=O)N[C@H](CCCNC(=N)NS(=O)(=O)c1c(C)c(C)c2c(c1C)CC(C)(C)O2)C(=O)N[C@H]1CCSC[C@@H](C(=O)O)NC(=O)[C@H](CCC(=O)NC(c2ccccc2)(c2ccccc2)c2ccccc2)NC(=O)[C@H](Cc2c[nH]c3ccccc23)NC(=O)[C@H]([C@@H](C)OC(C)(C)C)NC(=O)[C@H](CCC(N)=O)NC1. The molecule has 15 N–H and O–H groups in total. The molecule has 105 heavy (non-hydrogen) atoms. The van der Waals surface area contributed by atoms with Crippen LogP contribution in [0.2, 0.25) is 0 Å². The molecule has 1 aromatic heterocycles. The minimum Gasteiger partial charge on any atom is -0.487 e. The van der Waals surface area contributed by atoms with E-state index in [2.05, 4.69) is 57.6 Å². The lowest BCUT2D eigenvalue weighted by atomic mass is 9.77. The zero-order valence-electron chi connectivity index (χ0n) is 61.0. The number of rotatable bonds is 24. The Hall–Kier alpha value is -9.84. The van der Waals surface area contributed by atoms with Crippen molar-refractivity contribution < 1.29 is 66.1 Å². The van der Waals surface area contributed by atoms with Gasteiger partial charge in [0.1, 0.15) is 47.1 Å². The van der Waals surface area contributed by atoms with Gasteiger partial charge in [-0.25, -0.2) is 17.9 Å². The third-order valence-electron chi connectivity index (χ3n) is 18.5. The number of amides is 8. The summed E-state index contributed by atoms with van der Waals surface area (Å²) >= 11 is 1.08. The molecule has 0 spiro atoms. The molecule has 8 amide bonds. The van der Waals surface area contributed by atoms with Crippen LogP contribution >= 0.6 is 11.8 Å². The van der Waals surface area contributed by atoms with Crippen molar-refractivity contribution in [3.63, 3.8) is 0 Å². The number of primary amides is 1. The van der Waals surface area contributed by atoms with Gasteiger partial charge in [0.2, 0.25) is 53.2 Å². The predicted molar refractivity (Wildman–Crippen MR) is 400 cm³/mol. The first-order valence-electron chi connectivity index (χ1n) is 35.1. The number of guanidine groups is 1. The van der Waals surface area contributed by atoms with Crippen LogP contribution in [0.5, 0.6) is 5.75 Å². The van der Waals surface area contributed by atoms with Crippen molar-refractivity contribution in [2.24, 2.45) is 5.73 Å². The Morgan fingerprint density at radius 1 is 0.771 bits per heavy atom. The quantitative estimate of drug-likeness (QED) is 0.0162. The number of hydrogen-bond acceptors (Lipinski definition) is 16. The average Bonchev–Trinajstić information content (AvgIpc) is 1.69. The van der Waals surface area contributed by atoms with Crippen LogP contribution in [-0.4, -0.2) is 162 Å². The Labute approximate surface area is 616 Å². The molecule has 564 valence electrons. The van der Waals surface area contributed by atoms with Gasteiger partial charge in [-0.3, -0.25) is 43.8 Å². The standard InChI is InChI=1S/C76H99N13O14S2/c1-44-45(2)66(46(3)55-40-75(9,10)103-65(44)55)105(100,101)89-73(78)79-37-22-31-58(82-48(5)90)68(94)83-53-36-38-104-43-61(72(98)99)86-69(95)59(33-35-63(92)88-76(50-23-14-11-15-24-50,51-25-16-12-17-26-51)52-27-18-13-19-28-52)84-70(96)60(39-49-41-80-56-30-21-20-29-54(49)56)85-71(97)64(47(4)102-74(6,7)8)87-67(93)57(81-42-53)32-34-62(77)91/h11-21,23-30,41,47,53,57-61,64,80-81H,22,31-40,42-43H2,1-10H3,(H2,77,91)(H,82,90)(H,83,94)(H,84,96)(H,85,97)(H,86,95)(H,87,93)(H,88,92)(H,98,99)(H3,78,79,89)/t47-,53+,57+,58-,59+,60+,61+,64+/m1/s1. The number of fused-ring (bicyclic) bond motifs is 2. The summed E-state index contributed by atoms with van der Waals surface area (Å²) in [6.45, 7) is 16.7. The molecule has 1 fully saturated rings. The molecule has 0 unspecified atom stereocenters. The number of nitrogens with two attached hydrogens (primary N) is 1. The lowest BCUT2D eigenvalue weighted by molar-refractivity contribution is -0.142. The van der Waals surface area contributed by atoms with Gasteiger partial charge in [-0.05, 0) is 145 Å². The van der Waals surface area contributed by atoms with Crippen LogP contribution < -0.4 is 63.0 Å². The largest absolute Gasteiger partial charge is 0.487 e. The number of para-hydroxylation sites is 1. The second-order valence-corrected chi connectivity index (χ2v) is 31.1. The molecule has 6 aromatic rings. The predicted octanol–water partition coefficient (Wildman–Crippen LogP) is 5.10. The maximum Gasteiger partial charge on any atom is 0.327 e. The van der Waals surface area contributed by atoms with E-state index in [4.69, 9.17) is 20.6 Å². The summed E-state index contributed by atoms with van der Waals surface area (Å²) in [7, 11) is -4.29. The Morgan fingerprint density at radius 2 is 1.35 bits per heavy atom. The Morgan fingerprint density at radius 3 is 1.95 bits per heavy atom. The van der Waals surface area contributed by atoms with Gasteiger partial charge in [-0.15, -0.1) is 0 Å². The minimum atomic E-state index is -4.29. The number of sulfonamides is 1. The van der Waals surface area contributed by atoms with Crippen molar-refractivity contribution in [1.82, 2.24) is 57.6 Å².